The van der Waals surface area contributed by atoms with Crippen LogP contribution in [0.25, 0.3) is 10.7 Å². The molecule has 2 aliphatic heterocycles. The molecule has 0 fully saturated rings. The van der Waals surface area contributed by atoms with Crippen molar-refractivity contribution in [1.82, 2.24) is 30.3 Å². The summed E-state index contributed by atoms with van der Waals surface area (Å²) in [5.41, 5.74) is 2.53. The van der Waals surface area contributed by atoms with Gasteiger partial charge in [-0.1, -0.05) is 6.92 Å². The zero-order chi connectivity index (χ0) is 19.1. The number of aromatic amines is 1. The van der Waals surface area contributed by atoms with Gasteiger partial charge in [0, 0.05) is 36.4 Å². The SMILES string of the molecule is CCC1C(=O)N(C)C2=C(N[C@H](c3c[nH]nc3-c3nccs3)N=C2)N1C(C)C. The first-order valence-electron chi connectivity index (χ1n) is 9.06. The number of H-pyrrole nitrogens is 1. The van der Waals surface area contributed by atoms with Crippen LogP contribution >= 0.6 is 11.3 Å². The van der Waals surface area contributed by atoms with Crippen LogP contribution in [0.3, 0.4) is 0 Å². The van der Waals surface area contributed by atoms with E-state index < -0.39 is 0 Å². The smallest absolute Gasteiger partial charge is 0.249 e. The van der Waals surface area contributed by atoms with Crippen LogP contribution in [-0.2, 0) is 4.79 Å². The second-order valence-electron chi connectivity index (χ2n) is 6.91. The molecule has 2 N–H and O–H groups in total. The first-order valence-corrected chi connectivity index (χ1v) is 9.94. The van der Waals surface area contributed by atoms with E-state index in [1.807, 2.05) is 25.5 Å². The van der Waals surface area contributed by atoms with E-state index in [9.17, 15) is 4.79 Å². The minimum Gasteiger partial charge on any atom is -0.345 e. The number of nitrogens with one attached hydrogen (secondary N) is 2. The Morgan fingerprint density at radius 2 is 2.19 bits per heavy atom. The molecule has 2 atom stereocenters. The normalized spacial score (nSPS) is 22.5. The molecule has 2 aromatic rings. The van der Waals surface area contributed by atoms with Gasteiger partial charge in [-0.3, -0.25) is 14.9 Å². The molecule has 142 valence electrons. The van der Waals surface area contributed by atoms with E-state index in [0.717, 1.165) is 34.2 Å². The van der Waals surface area contributed by atoms with E-state index in [4.69, 9.17) is 0 Å². The number of hydrogen-bond donors (Lipinski definition) is 2. The third-order valence-electron chi connectivity index (χ3n) is 4.98. The number of carbonyl (C=O) groups excluding carboxylic acids is 1. The largest absolute Gasteiger partial charge is 0.345 e. The number of allylic oxidation sites excluding steroid dienone is 1. The van der Waals surface area contributed by atoms with Crippen LogP contribution in [0.2, 0.25) is 0 Å². The van der Waals surface area contributed by atoms with Gasteiger partial charge in [-0.05, 0) is 20.3 Å². The molecule has 2 aromatic heterocycles. The minimum absolute atomic E-state index is 0.100. The number of thiazole rings is 1. The minimum atomic E-state index is -0.290. The molecule has 27 heavy (non-hydrogen) atoms. The molecule has 1 amide bonds. The molecule has 4 rings (SSSR count). The first-order chi connectivity index (χ1) is 13.0. The van der Waals surface area contributed by atoms with Crippen molar-refractivity contribution in [1.29, 1.82) is 0 Å². The van der Waals surface area contributed by atoms with E-state index in [0.29, 0.717) is 0 Å². The van der Waals surface area contributed by atoms with Gasteiger partial charge < -0.3 is 15.1 Å². The number of amides is 1. The van der Waals surface area contributed by atoms with Crippen LogP contribution in [0, 0.1) is 0 Å². The van der Waals surface area contributed by atoms with Gasteiger partial charge in [-0.2, -0.15) is 5.10 Å². The van der Waals surface area contributed by atoms with Crippen LogP contribution in [0.15, 0.2) is 34.3 Å². The molecule has 0 saturated heterocycles. The second kappa shape index (κ2) is 6.80. The van der Waals surface area contributed by atoms with Gasteiger partial charge in [-0.25, -0.2) is 4.98 Å². The summed E-state index contributed by atoms with van der Waals surface area (Å²) < 4.78 is 0. The summed E-state index contributed by atoms with van der Waals surface area (Å²) in [5.74, 6) is 1.04. The van der Waals surface area contributed by atoms with Crippen molar-refractivity contribution in [3.05, 3.63) is 34.9 Å². The van der Waals surface area contributed by atoms with Crippen LogP contribution in [-0.4, -0.2) is 56.2 Å². The van der Waals surface area contributed by atoms with Crippen molar-refractivity contribution in [2.24, 2.45) is 4.99 Å². The van der Waals surface area contributed by atoms with E-state index in [1.54, 1.807) is 28.6 Å². The molecule has 4 heterocycles. The van der Waals surface area contributed by atoms with Gasteiger partial charge in [0.15, 0.2) is 0 Å². The van der Waals surface area contributed by atoms with Gasteiger partial charge in [0.25, 0.3) is 0 Å². The average Bonchev–Trinajstić information content (AvgIpc) is 3.34. The third-order valence-corrected chi connectivity index (χ3v) is 5.76. The fourth-order valence-corrected chi connectivity index (χ4v) is 4.33. The fourth-order valence-electron chi connectivity index (χ4n) is 3.68. The number of nitrogens with zero attached hydrogens (tertiary/aromatic N) is 5. The molecule has 0 radical (unpaired) electrons. The van der Waals surface area contributed by atoms with Crippen molar-refractivity contribution in [2.45, 2.75) is 45.4 Å². The van der Waals surface area contributed by atoms with Gasteiger partial charge in [0.2, 0.25) is 5.91 Å². The van der Waals surface area contributed by atoms with E-state index in [2.05, 4.69) is 44.2 Å². The summed E-state index contributed by atoms with van der Waals surface area (Å²) >= 11 is 1.54. The summed E-state index contributed by atoms with van der Waals surface area (Å²) in [6.45, 7) is 6.25. The Hall–Kier alpha value is -2.68. The standard InChI is InChI=1S/C18H23N7OS/c1-5-12-18(26)24(4)13-9-20-15(22-16(13)25(12)10(2)3)11-8-21-23-14(11)17-19-6-7-27-17/h6-10,12,15,22H,5H2,1-4H3,(H,21,23)/t12?,15-/m1/s1. The summed E-state index contributed by atoms with van der Waals surface area (Å²) in [5, 5.41) is 13.6. The Balaban J connectivity index is 1.72. The Kier molecular flexibility index (Phi) is 4.47. The molecular weight excluding hydrogens is 362 g/mol. The van der Waals surface area contributed by atoms with E-state index >= 15 is 0 Å². The number of hydrogen-bond acceptors (Lipinski definition) is 7. The molecule has 0 aromatic carbocycles. The molecule has 2 aliphatic rings. The Morgan fingerprint density at radius 3 is 2.85 bits per heavy atom. The monoisotopic (exact) mass is 385 g/mol. The zero-order valence-corrected chi connectivity index (χ0v) is 16.6. The van der Waals surface area contributed by atoms with Crippen molar-refractivity contribution in [2.75, 3.05) is 7.05 Å². The lowest BCUT2D eigenvalue weighted by Gasteiger charge is -2.46. The van der Waals surface area contributed by atoms with Crippen molar-refractivity contribution < 1.29 is 4.79 Å². The highest BCUT2D eigenvalue weighted by molar-refractivity contribution is 7.13. The van der Waals surface area contributed by atoms with Crippen LogP contribution < -0.4 is 5.32 Å². The number of carbonyl (C=O) groups is 1. The molecule has 0 bridgehead atoms. The maximum Gasteiger partial charge on any atom is 0.249 e. The van der Waals surface area contributed by atoms with Gasteiger partial charge in [-0.15, -0.1) is 11.3 Å². The highest BCUT2D eigenvalue weighted by atomic mass is 32.1. The fraction of sp³-hybridized carbons (Fsp3) is 0.444. The maximum atomic E-state index is 12.8. The summed E-state index contributed by atoms with van der Waals surface area (Å²) in [6.07, 6.45) is 5.87. The van der Waals surface area contributed by atoms with Crippen LogP contribution in [0.1, 0.15) is 38.9 Å². The van der Waals surface area contributed by atoms with E-state index in [1.165, 1.54) is 0 Å². The van der Waals surface area contributed by atoms with Crippen molar-refractivity contribution in [3.8, 4) is 10.7 Å². The molecule has 8 nitrogen and oxygen atoms in total. The van der Waals surface area contributed by atoms with E-state index in [-0.39, 0.29) is 24.2 Å². The number of rotatable bonds is 4. The topological polar surface area (TPSA) is 89.5 Å². The van der Waals surface area contributed by atoms with Gasteiger partial charge >= 0.3 is 0 Å². The van der Waals surface area contributed by atoms with Crippen molar-refractivity contribution >= 4 is 23.5 Å². The zero-order valence-electron chi connectivity index (χ0n) is 15.8. The summed E-state index contributed by atoms with van der Waals surface area (Å²) in [4.78, 5) is 25.7. The Labute approximate surface area is 162 Å². The molecule has 0 aliphatic carbocycles. The Morgan fingerprint density at radius 1 is 1.37 bits per heavy atom. The Bertz CT molecular complexity index is 899. The lowest BCUT2D eigenvalue weighted by Crippen LogP contribution is -2.58. The second-order valence-corrected chi connectivity index (χ2v) is 7.80. The molecular formula is C18H23N7OS. The lowest BCUT2D eigenvalue weighted by atomic mass is 10.0. The summed E-state index contributed by atoms with van der Waals surface area (Å²) in [6, 6.07) is -0.00350. The molecule has 1 unspecified atom stereocenters. The molecule has 9 heteroatoms. The average molecular weight is 385 g/mol. The highest BCUT2D eigenvalue weighted by Gasteiger charge is 2.40. The highest BCUT2D eigenvalue weighted by Crippen LogP contribution is 2.34. The first kappa shape index (κ1) is 17.7. The quantitative estimate of drug-likeness (QED) is 0.843. The third kappa shape index (κ3) is 2.82. The lowest BCUT2D eigenvalue weighted by molar-refractivity contribution is -0.136. The molecule has 0 spiro atoms. The molecule has 0 saturated carbocycles. The van der Waals surface area contributed by atoms with Crippen LogP contribution in [0.4, 0.5) is 0 Å². The number of aromatic nitrogens is 3. The van der Waals surface area contributed by atoms with Gasteiger partial charge in [0.1, 0.15) is 34.4 Å². The van der Waals surface area contributed by atoms with Gasteiger partial charge in [0.05, 0.1) is 6.21 Å². The predicted octanol–water partition coefficient (Wildman–Crippen LogP) is 2.34. The van der Waals surface area contributed by atoms with Crippen molar-refractivity contribution in [3.63, 3.8) is 0 Å². The van der Waals surface area contributed by atoms with Crippen LogP contribution in [0.5, 0.6) is 0 Å². The number of likely N-dealkylation sites (N-methyl/N-ethyl adjacent to an activating group) is 1. The predicted molar refractivity (Wildman–Crippen MR) is 105 cm³/mol. The number of aliphatic imine (C=N–C) groups is 1. The maximum absolute atomic E-state index is 12.8. The summed E-state index contributed by atoms with van der Waals surface area (Å²) in [7, 11) is 1.81.